The Kier molecular flexibility index (Phi) is 6.62. The molecule has 1 fully saturated rings. The molecule has 0 spiro atoms. The molecule has 2 aromatic rings. The van der Waals surface area contributed by atoms with E-state index in [2.05, 4.69) is 0 Å². The van der Waals surface area contributed by atoms with Crippen LogP contribution in [0.25, 0.3) is 0 Å². The number of carbonyl (C=O) groups excluding carboxylic acids is 1. The second kappa shape index (κ2) is 8.98. The largest absolute Gasteiger partial charge is 0.443 e. The molecule has 29 heavy (non-hydrogen) atoms. The fourth-order valence-corrected chi connectivity index (χ4v) is 3.98. The molecule has 1 amide bonds. The number of likely N-dealkylation sites (tertiary alicyclic amines) is 1. The van der Waals surface area contributed by atoms with E-state index in [0.29, 0.717) is 19.5 Å². The fraction of sp³-hybridized carbons (Fsp3) is 0.381. The Labute approximate surface area is 172 Å². The van der Waals surface area contributed by atoms with E-state index in [1.54, 1.807) is 11.8 Å². The van der Waals surface area contributed by atoms with E-state index in [4.69, 9.17) is 9.47 Å². The summed E-state index contributed by atoms with van der Waals surface area (Å²) in [5, 5.41) is -1.40. The van der Waals surface area contributed by atoms with Crippen LogP contribution in [0.4, 0.5) is 18.0 Å². The second-order valence-corrected chi connectivity index (χ2v) is 7.94. The number of hydrogen-bond donors (Lipinski definition) is 0. The number of alkyl halides is 3. The maximum absolute atomic E-state index is 12.8. The van der Waals surface area contributed by atoms with E-state index >= 15 is 0 Å². The first-order valence-corrected chi connectivity index (χ1v) is 10.2. The Bertz CT molecular complexity index is 808. The number of amides is 1. The van der Waals surface area contributed by atoms with Crippen LogP contribution in [0, 0.1) is 0 Å². The summed E-state index contributed by atoms with van der Waals surface area (Å²) in [4.78, 5) is 15.1. The number of nitrogens with zero attached hydrogens (tertiary/aromatic N) is 1. The molecule has 0 saturated carbocycles. The van der Waals surface area contributed by atoms with E-state index in [1.165, 1.54) is 23.9 Å². The minimum absolute atomic E-state index is 0.192. The lowest BCUT2D eigenvalue weighted by Crippen LogP contribution is -2.42. The number of benzene rings is 2. The molecule has 2 aromatic carbocycles. The lowest BCUT2D eigenvalue weighted by Gasteiger charge is -2.33. The second-order valence-electron chi connectivity index (χ2n) is 6.64. The van der Waals surface area contributed by atoms with Gasteiger partial charge in [-0.15, -0.1) is 0 Å². The molecule has 0 N–H and O–H groups in total. The normalized spacial score (nSPS) is 16.3. The SMILES string of the molecule is CC[C@@](OC(=O)N1CCCC1)(Oc1ccc(C(F)(F)F)cc1)Sc1ccccc1. The number of thioether (sulfide) groups is 1. The van der Waals surface area contributed by atoms with Crippen LogP contribution in [0.15, 0.2) is 59.5 Å². The first-order valence-electron chi connectivity index (χ1n) is 9.39. The van der Waals surface area contributed by atoms with Crippen molar-refractivity contribution in [3.8, 4) is 5.75 Å². The van der Waals surface area contributed by atoms with Crippen LogP contribution in [0.2, 0.25) is 0 Å². The number of ether oxygens (including phenoxy) is 2. The van der Waals surface area contributed by atoms with Crippen molar-refractivity contribution in [1.29, 1.82) is 0 Å². The summed E-state index contributed by atoms with van der Waals surface area (Å²) in [6.45, 7) is 3.04. The highest BCUT2D eigenvalue weighted by Gasteiger charge is 2.39. The molecule has 1 saturated heterocycles. The Morgan fingerprint density at radius 1 is 1.03 bits per heavy atom. The van der Waals surface area contributed by atoms with Crippen LogP contribution in [0.3, 0.4) is 0 Å². The third kappa shape index (κ3) is 5.59. The number of halogens is 3. The number of carbonyl (C=O) groups is 1. The van der Waals surface area contributed by atoms with Crippen LogP contribution in [-0.4, -0.2) is 29.2 Å². The fourth-order valence-electron chi connectivity index (χ4n) is 2.94. The van der Waals surface area contributed by atoms with Gasteiger partial charge >= 0.3 is 17.4 Å². The van der Waals surface area contributed by atoms with Gasteiger partial charge in [-0.3, -0.25) is 0 Å². The molecule has 0 aromatic heterocycles. The van der Waals surface area contributed by atoms with Crippen molar-refractivity contribution in [2.75, 3.05) is 13.1 Å². The number of rotatable bonds is 6. The highest BCUT2D eigenvalue weighted by atomic mass is 32.2. The van der Waals surface area contributed by atoms with Crippen molar-refractivity contribution in [2.45, 2.75) is 42.4 Å². The van der Waals surface area contributed by atoms with Gasteiger partial charge in [-0.05, 0) is 61.0 Å². The molecule has 4 nitrogen and oxygen atoms in total. The van der Waals surface area contributed by atoms with Crippen molar-refractivity contribution in [3.63, 3.8) is 0 Å². The summed E-state index contributed by atoms with van der Waals surface area (Å²) in [6, 6.07) is 13.7. The summed E-state index contributed by atoms with van der Waals surface area (Å²) in [7, 11) is 0. The van der Waals surface area contributed by atoms with Gasteiger partial charge in [0.05, 0.1) is 5.56 Å². The summed E-state index contributed by atoms with van der Waals surface area (Å²) in [5.74, 6) is 0.192. The van der Waals surface area contributed by atoms with Crippen molar-refractivity contribution in [3.05, 3.63) is 60.2 Å². The first-order chi connectivity index (χ1) is 13.8. The molecule has 0 bridgehead atoms. The van der Waals surface area contributed by atoms with E-state index in [0.717, 1.165) is 29.9 Å². The molecule has 1 atom stereocenters. The van der Waals surface area contributed by atoms with E-state index in [1.807, 2.05) is 30.3 Å². The molecule has 1 aliphatic rings. The molecule has 156 valence electrons. The van der Waals surface area contributed by atoms with Gasteiger partial charge in [0.2, 0.25) is 0 Å². The molecule has 0 radical (unpaired) electrons. The molecule has 1 aliphatic heterocycles. The maximum atomic E-state index is 12.8. The van der Waals surface area contributed by atoms with Crippen LogP contribution in [0.1, 0.15) is 31.7 Å². The first kappa shape index (κ1) is 21.4. The third-order valence-corrected chi connectivity index (χ3v) is 5.79. The maximum Gasteiger partial charge on any atom is 0.416 e. The van der Waals surface area contributed by atoms with Crippen LogP contribution < -0.4 is 4.74 Å². The molecular formula is C21H22F3NO3S. The molecule has 1 heterocycles. The predicted octanol–water partition coefficient (Wildman–Crippen LogP) is 6.17. The van der Waals surface area contributed by atoms with Gasteiger partial charge in [-0.2, -0.15) is 13.2 Å². The highest BCUT2D eigenvalue weighted by Crippen LogP contribution is 2.40. The van der Waals surface area contributed by atoms with Crippen LogP contribution in [0.5, 0.6) is 5.75 Å². The molecule has 3 rings (SSSR count). The summed E-state index contributed by atoms with van der Waals surface area (Å²) in [6.07, 6.45) is -2.78. The zero-order valence-electron chi connectivity index (χ0n) is 15.9. The zero-order chi connectivity index (χ0) is 20.9. The monoisotopic (exact) mass is 425 g/mol. The smallest absolute Gasteiger partial charge is 0.416 e. The quantitative estimate of drug-likeness (QED) is 0.410. The Morgan fingerprint density at radius 3 is 2.21 bits per heavy atom. The van der Waals surface area contributed by atoms with Crippen molar-refractivity contribution in [1.82, 2.24) is 4.90 Å². The average molecular weight is 425 g/mol. The average Bonchev–Trinajstić information content (AvgIpc) is 3.23. The Balaban J connectivity index is 1.85. The summed E-state index contributed by atoms with van der Waals surface area (Å²) < 4.78 is 50.3. The van der Waals surface area contributed by atoms with Gasteiger partial charge < -0.3 is 14.4 Å². The molecule has 0 unspecified atom stereocenters. The third-order valence-electron chi connectivity index (χ3n) is 4.51. The topological polar surface area (TPSA) is 38.8 Å². The van der Waals surface area contributed by atoms with Gasteiger partial charge in [-0.25, -0.2) is 4.79 Å². The lowest BCUT2D eigenvalue weighted by atomic mass is 10.2. The van der Waals surface area contributed by atoms with Gasteiger partial charge in [0.1, 0.15) is 5.75 Å². The predicted molar refractivity (Wildman–Crippen MR) is 105 cm³/mol. The molecule has 8 heteroatoms. The minimum atomic E-state index is -4.43. The highest BCUT2D eigenvalue weighted by molar-refractivity contribution is 8.00. The van der Waals surface area contributed by atoms with Crippen LogP contribution >= 0.6 is 11.8 Å². The van der Waals surface area contributed by atoms with Gasteiger partial charge in [0.25, 0.3) is 0 Å². The van der Waals surface area contributed by atoms with Gasteiger partial charge in [-0.1, -0.05) is 25.1 Å². The van der Waals surface area contributed by atoms with E-state index < -0.39 is 23.0 Å². The standard InChI is InChI=1S/C21H22F3NO3S/c1-2-20(29-18-8-4-3-5-9-18,28-19(26)25-14-6-7-15-25)27-17-12-10-16(11-13-17)21(22,23)24/h3-5,8-13H,2,6-7,14-15H2,1H3/t20-/m0/s1. The lowest BCUT2D eigenvalue weighted by molar-refractivity contribution is -0.137. The van der Waals surface area contributed by atoms with E-state index in [-0.39, 0.29) is 5.75 Å². The molecular weight excluding hydrogens is 403 g/mol. The minimum Gasteiger partial charge on any atom is -0.443 e. The van der Waals surface area contributed by atoms with E-state index in [9.17, 15) is 18.0 Å². The van der Waals surface area contributed by atoms with Gasteiger partial charge in [0.15, 0.2) is 0 Å². The molecule has 0 aliphatic carbocycles. The van der Waals surface area contributed by atoms with Gasteiger partial charge in [0, 0.05) is 24.4 Å². The van der Waals surface area contributed by atoms with Crippen molar-refractivity contribution in [2.24, 2.45) is 0 Å². The summed E-state index contributed by atoms with van der Waals surface area (Å²) >= 11 is 1.21. The zero-order valence-corrected chi connectivity index (χ0v) is 16.8. The Hall–Kier alpha value is -2.35. The Morgan fingerprint density at radius 2 is 1.66 bits per heavy atom. The number of hydrogen-bond acceptors (Lipinski definition) is 4. The van der Waals surface area contributed by atoms with Crippen LogP contribution in [-0.2, 0) is 10.9 Å². The van der Waals surface area contributed by atoms with Crippen molar-refractivity contribution < 1.29 is 27.4 Å². The summed E-state index contributed by atoms with van der Waals surface area (Å²) in [5.41, 5.74) is -0.767. The van der Waals surface area contributed by atoms with Crippen molar-refractivity contribution >= 4 is 17.9 Å².